The molecule has 0 saturated heterocycles. The summed E-state index contributed by atoms with van der Waals surface area (Å²) in [5.74, 6) is 0.615. The first-order valence-corrected chi connectivity index (χ1v) is 13.1. The van der Waals surface area contributed by atoms with Crippen LogP contribution in [-0.2, 0) is 6.54 Å². The zero-order valence-corrected chi connectivity index (χ0v) is 22.4. The molecular weight excluding hydrogens is 562 g/mol. The molecular formula is C30H21BrClN5O. The second kappa shape index (κ2) is 10.3. The summed E-state index contributed by atoms with van der Waals surface area (Å²) < 4.78 is 2.53. The van der Waals surface area contributed by atoms with Gasteiger partial charge in [-0.2, -0.15) is 9.61 Å². The molecule has 0 aliphatic rings. The molecule has 0 aliphatic carbocycles. The third kappa shape index (κ3) is 4.86. The van der Waals surface area contributed by atoms with Gasteiger partial charge < -0.3 is 10.6 Å². The highest BCUT2D eigenvalue weighted by atomic mass is 79.9. The molecule has 0 atom stereocenters. The summed E-state index contributed by atoms with van der Waals surface area (Å²) in [6.45, 7) is 0.512. The summed E-state index contributed by atoms with van der Waals surface area (Å²) in [4.78, 5) is 17.7. The summed E-state index contributed by atoms with van der Waals surface area (Å²) >= 11 is 9.99. The first-order valence-electron chi connectivity index (χ1n) is 12.0. The van der Waals surface area contributed by atoms with Crippen LogP contribution >= 0.6 is 27.5 Å². The number of nitrogens with zero attached hydrogens (tertiary/aromatic N) is 3. The number of benzene rings is 4. The standard InChI is InChI=1S/C30H21BrClN5O/c31-25-18-34-37-28(16-27(36-29(25)37)24-10-3-4-11-26(24)32)33-17-19-6-5-9-23(14-19)35-30(38)22-13-12-20-7-1-2-8-21(20)15-22/h1-16,18,33H,17H2,(H,35,38). The highest BCUT2D eigenvalue weighted by Gasteiger charge is 2.14. The molecule has 6 nitrogen and oxygen atoms in total. The van der Waals surface area contributed by atoms with Crippen LogP contribution in [0.5, 0.6) is 0 Å². The largest absolute Gasteiger partial charge is 0.366 e. The first-order chi connectivity index (χ1) is 18.5. The van der Waals surface area contributed by atoms with Gasteiger partial charge in [0, 0.05) is 34.4 Å². The molecule has 186 valence electrons. The molecule has 0 spiro atoms. The van der Waals surface area contributed by atoms with Gasteiger partial charge in [-0.05, 0) is 62.6 Å². The summed E-state index contributed by atoms with van der Waals surface area (Å²) in [7, 11) is 0. The van der Waals surface area contributed by atoms with Crippen molar-refractivity contribution in [2.45, 2.75) is 6.54 Å². The molecule has 6 rings (SSSR count). The number of carbonyl (C=O) groups is 1. The predicted molar refractivity (Wildman–Crippen MR) is 157 cm³/mol. The van der Waals surface area contributed by atoms with Crippen molar-refractivity contribution < 1.29 is 4.79 Å². The SMILES string of the molecule is O=C(Nc1cccc(CNc2cc(-c3ccccc3Cl)nc3c(Br)cnn23)c1)c1ccc2ccccc2c1. The third-order valence-corrected chi connectivity index (χ3v) is 7.14. The van der Waals surface area contributed by atoms with Gasteiger partial charge >= 0.3 is 0 Å². The van der Waals surface area contributed by atoms with Crippen molar-refractivity contribution in [2.75, 3.05) is 10.6 Å². The zero-order chi connectivity index (χ0) is 26.1. The Morgan fingerprint density at radius 1 is 0.895 bits per heavy atom. The Kier molecular flexibility index (Phi) is 6.54. The van der Waals surface area contributed by atoms with Crippen LogP contribution in [-0.4, -0.2) is 20.5 Å². The number of hydrogen-bond donors (Lipinski definition) is 2. The Morgan fingerprint density at radius 2 is 1.71 bits per heavy atom. The van der Waals surface area contributed by atoms with Gasteiger partial charge in [0.25, 0.3) is 5.91 Å². The fourth-order valence-corrected chi connectivity index (χ4v) is 4.94. The number of fused-ring (bicyclic) bond motifs is 2. The van der Waals surface area contributed by atoms with E-state index in [-0.39, 0.29) is 5.91 Å². The molecule has 1 amide bonds. The number of amides is 1. The smallest absolute Gasteiger partial charge is 0.255 e. The van der Waals surface area contributed by atoms with E-state index in [1.165, 1.54) is 0 Å². The minimum Gasteiger partial charge on any atom is -0.366 e. The van der Waals surface area contributed by atoms with Crippen molar-refractivity contribution in [2.24, 2.45) is 0 Å². The van der Waals surface area contributed by atoms with Crippen LogP contribution in [0.25, 0.3) is 27.7 Å². The van der Waals surface area contributed by atoms with Gasteiger partial charge in [0.2, 0.25) is 0 Å². The Hall–Kier alpha value is -4.20. The second-order valence-electron chi connectivity index (χ2n) is 8.80. The molecule has 0 unspecified atom stereocenters. The van der Waals surface area contributed by atoms with Gasteiger partial charge in [-0.25, -0.2) is 4.98 Å². The first kappa shape index (κ1) is 24.2. The van der Waals surface area contributed by atoms with Gasteiger partial charge in [0.05, 0.1) is 16.4 Å². The minimum absolute atomic E-state index is 0.150. The van der Waals surface area contributed by atoms with E-state index < -0.39 is 0 Å². The lowest BCUT2D eigenvalue weighted by Crippen LogP contribution is -2.12. The molecule has 2 N–H and O–H groups in total. The Bertz CT molecular complexity index is 1820. The van der Waals surface area contributed by atoms with Crippen LogP contribution in [0, 0.1) is 0 Å². The summed E-state index contributed by atoms with van der Waals surface area (Å²) in [6, 6.07) is 31.0. The van der Waals surface area contributed by atoms with Crippen LogP contribution < -0.4 is 10.6 Å². The van der Waals surface area contributed by atoms with Crippen LogP contribution in [0.15, 0.2) is 108 Å². The number of nitrogens with one attached hydrogen (secondary N) is 2. The highest BCUT2D eigenvalue weighted by molar-refractivity contribution is 9.10. The van der Waals surface area contributed by atoms with Crippen molar-refractivity contribution in [3.8, 4) is 11.3 Å². The lowest BCUT2D eigenvalue weighted by atomic mass is 10.1. The number of hydrogen-bond acceptors (Lipinski definition) is 4. The van der Waals surface area contributed by atoms with Gasteiger partial charge in [0.15, 0.2) is 5.65 Å². The van der Waals surface area contributed by atoms with Crippen molar-refractivity contribution in [1.29, 1.82) is 0 Å². The van der Waals surface area contributed by atoms with E-state index in [4.69, 9.17) is 16.6 Å². The van der Waals surface area contributed by atoms with Crippen molar-refractivity contribution in [3.63, 3.8) is 0 Å². The fraction of sp³-hybridized carbons (Fsp3) is 0.0333. The average Bonchev–Trinajstić information content (AvgIpc) is 3.32. The maximum atomic E-state index is 12.9. The maximum absolute atomic E-state index is 12.9. The molecule has 8 heteroatoms. The molecule has 6 aromatic rings. The van der Waals surface area contributed by atoms with Crippen LogP contribution in [0.4, 0.5) is 11.5 Å². The van der Waals surface area contributed by atoms with E-state index in [1.807, 2.05) is 97.1 Å². The Balaban J connectivity index is 1.23. The van der Waals surface area contributed by atoms with E-state index in [9.17, 15) is 4.79 Å². The second-order valence-corrected chi connectivity index (χ2v) is 10.1. The van der Waals surface area contributed by atoms with Crippen LogP contribution in [0.1, 0.15) is 15.9 Å². The molecule has 0 aliphatic heterocycles. The molecule has 4 aromatic carbocycles. The summed E-state index contributed by atoms with van der Waals surface area (Å²) in [5, 5.41) is 13.7. The molecule has 2 heterocycles. The predicted octanol–water partition coefficient (Wildman–Crippen LogP) is 7.83. The quantitative estimate of drug-likeness (QED) is 0.210. The molecule has 38 heavy (non-hydrogen) atoms. The number of rotatable bonds is 6. The average molecular weight is 583 g/mol. The molecule has 2 aromatic heterocycles. The monoisotopic (exact) mass is 581 g/mol. The molecule has 0 radical (unpaired) electrons. The highest BCUT2D eigenvalue weighted by Crippen LogP contribution is 2.30. The Labute approximate surface area is 232 Å². The normalized spacial score (nSPS) is 11.1. The van der Waals surface area contributed by atoms with Crippen molar-refractivity contribution >= 4 is 61.4 Å². The number of aromatic nitrogens is 3. The Morgan fingerprint density at radius 3 is 2.58 bits per heavy atom. The lowest BCUT2D eigenvalue weighted by Gasteiger charge is -2.13. The zero-order valence-electron chi connectivity index (χ0n) is 20.0. The van der Waals surface area contributed by atoms with Gasteiger partial charge in [-0.3, -0.25) is 4.79 Å². The van der Waals surface area contributed by atoms with Gasteiger partial charge in [-0.1, -0.05) is 72.3 Å². The van der Waals surface area contributed by atoms with E-state index in [0.29, 0.717) is 22.8 Å². The van der Waals surface area contributed by atoms with Crippen molar-refractivity contribution in [3.05, 3.63) is 124 Å². The van der Waals surface area contributed by atoms with E-state index in [2.05, 4.69) is 31.7 Å². The maximum Gasteiger partial charge on any atom is 0.255 e. The van der Waals surface area contributed by atoms with Crippen LogP contribution in [0.3, 0.4) is 0 Å². The number of carbonyl (C=O) groups excluding carboxylic acids is 1. The summed E-state index contributed by atoms with van der Waals surface area (Å²) in [6.07, 6.45) is 1.72. The lowest BCUT2D eigenvalue weighted by molar-refractivity contribution is 0.102. The topological polar surface area (TPSA) is 71.3 Å². The van der Waals surface area contributed by atoms with Gasteiger partial charge in [-0.15, -0.1) is 0 Å². The third-order valence-electron chi connectivity index (χ3n) is 6.25. The van der Waals surface area contributed by atoms with Crippen molar-refractivity contribution in [1.82, 2.24) is 14.6 Å². The van der Waals surface area contributed by atoms with Crippen LogP contribution in [0.2, 0.25) is 5.02 Å². The number of halogens is 2. The summed E-state index contributed by atoms with van der Waals surface area (Å²) in [5.41, 5.74) is 4.59. The molecule has 0 saturated carbocycles. The minimum atomic E-state index is -0.150. The van der Waals surface area contributed by atoms with E-state index >= 15 is 0 Å². The number of anilines is 2. The van der Waals surface area contributed by atoms with E-state index in [1.54, 1.807) is 10.7 Å². The molecule has 0 bridgehead atoms. The fourth-order valence-electron chi connectivity index (χ4n) is 4.35. The molecule has 0 fully saturated rings. The van der Waals surface area contributed by atoms with Gasteiger partial charge in [0.1, 0.15) is 5.82 Å². The van der Waals surface area contributed by atoms with E-state index in [0.717, 1.165) is 43.6 Å².